The van der Waals surface area contributed by atoms with Crippen LogP contribution in [-0.4, -0.2) is 23.6 Å². The Morgan fingerprint density at radius 1 is 1.39 bits per heavy atom. The Kier molecular flexibility index (Phi) is 4.87. The molecule has 5 heteroatoms. The number of halogens is 1. The minimum absolute atomic E-state index is 0.219. The average Bonchev–Trinajstić information content (AvgIpc) is 2.88. The van der Waals surface area contributed by atoms with Crippen LogP contribution in [0, 0.1) is 5.82 Å². The van der Waals surface area contributed by atoms with Crippen LogP contribution >= 0.6 is 11.8 Å². The lowest BCUT2D eigenvalue weighted by Gasteiger charge is -2.11. The van der Waals surface area contributed by atoms with Gasteiger partial charge in [-0.05, 0) is 24.7 Å². The summed E-state index contributed by atoms with van der Waals surface area (Å²) in [6.45, 7) is 0.907. The average molecular weight is 268 g/mol. The minimum Gasteiger partial charge on any atom is -0.337 e. The van der Waals surface area contributed by atoms with E-state index in [-0.39, 0.29) is 18.4 Å². The predicted octanol–water partition coefficient (Wildman–Crippen LogP) is 2.52. The first-order chi connectivity index (χ1) is 8.75. The molecule has 1 heterocycles. The molecule has 1 aromatic rings. The van der Waals surface area contributed by atoms with Crippen molar-refractivity contribution < 1.29 is 9.18 Å². The van der Waals surface area contributed by atoms with E-state index in [1.54, 1.807) is 18.2 Å². The SMILES string of the molecule is O=C(NCc1ccccc1F)NCC1CCCS1. The van der Waals surface area contributed by atoms with Crippen molar-refractivity contribution in [1.29, 1.82) is 0 Å². The molecule has 2 amide bonds. The van der Waals surface area contributed by atoms with Crippen LogP contribution in [-0.2, 0) is 6.54 Å². The number of benzene rings is 1. The van der Waals surface area contributed by atoms with Gasteiger partial charge in [0.2, 0.25) is 0 Å². The Morgan fingerprint density at radius 2 is 2.22 bits per heavy atom. The van der Waals surface area contributed by atoms with Gasteiger partial charge in [-0.1, -0.05) is 18.2 Å². The highest BCUT2D eigenvalue weighted by Gasteiger charge is 2.16. The molecular weight excluding hydrogens is 251 g/mol. The number of nitrogens with one attached hydrogen (secondary N) is 2. The second kappa shape index (κ2) is 6.64. The Balaban J connectivity index is 1.69. The summed E-state index contributed by atoms with van der Waals surface area (Å²) in [4.78, 5) is 11.5. The minimum atomic E-state index is -0.288. The van der Waals surface area contributed by atoms with Gasteiger partial charge >= 0.3 is 6.03 Å². The third-order valence-electron chi connectivity index (χ3n) is 2.91. The summed E-state index contributed by atoms with van der Waals surface area (Å²) >= 11 is 1.90. The van der Waals surface area contributed by atoms with Crippen molar-refractivity contribution >= 4 is 17.8 Å². The maximum absolute atomic E-state index is 13.3. The zero-order valence-corrected chi connectivity index (χ0v) is 10.9. The number of thioether (sulfide) groups is 1. The molecule has 1 unspecified atom stereocenters. The molecule has 1 aromatic carbocycles. The molecule has 0 radical (unpaired) electrons. The summed E-state index contributed by atoms with van der Waals surface area (Å²) in [6.07, 6.45) is 2.39. The van der Waals surface area contributed by atoms with Gasteiger partial charge in [-0.2, -0.15) is 11.8 Å². The van der Waals surface area contributed by atoms with Gasteiger partial charge in [0.15, 0.2) is 0 Å². The molecule has 1 aliphatic heterocycles. The van der Waals surface area contributed by atoms with E-state index in [4.69, 9.17) is 0 Å². The second-order valence-electron chi connectivity index (χ2n) is 4.29. The van der Waals surface area contributed by atoms with Gasteiger partial charge in [0.05, 0.1) is 0 Å². The van der Waals surface area contributed by atoms with Crippen molar-refractivity contribution in [2.24, 2.45) is 0 Å². The third kappa shape index (κ3) is 3.91. The lowest BCUT2D eigenvalue weighted by atomic mass is 10.2. The summed E-state index contributed by atoms with van der Waals surface area (Å²) in [5.74, 6) is 0.896. The quantitative estimate of drug-likeness (QED) is 0.881. The zero-order valence-electron chi connectivity index (χ0n) is 10.1. The van der Waals surface area contributed by atoms with Crippen LogP contribution in [0.2, 0.25) is 0 Å². The molecule has 0 aliphatic carbocycles. The highest BCUT2D eigenvalue weighted by molar-refractivity contribution is 8.00. The highest BCUT2D eigenvalue weighted by Crippen LogP contribution is 2.25. The maximum atomic E-state index is 13.3. The Labute approximate surface area is 111 Å². The molecule has 1 atom stereocenters. The van der Waals surface area contributed by atoms with Gasteiger partial charge in [-0.15, -0.1) is 0 Å². The molecule has 3 nitrogen and oxygen atoms in total. The van der Waals surface area contributed by atoms with Crippen LogP contribution in [0.5, 0.6) is 0 Å². The molecule has 2 rings (SSSR count). The van der Waals surface area contributed by atoms with Crippen molar-refractivity contribution in [3.8, 4) is 0 Å². The van der Waals surface area contributed by atoms with Crippen molar-refractivity contribution in [2.45, 2.75) is 24.6 Å². The number of rotatable bonds is 4. The summed E-state index contributed by atoms with van der Waals surface area (Å²) < 4.78 is 13.3. The van der Waals surface area contributed by atoms with E-state index in [9.17, 15) is 9.18 Å². The van der Waals surface area contributed by atoms with Gasteiger partial charge in [0.25, 0.3) is 0 Å². The summed E-state index contributed by atoms with van der Waals surface area (Å²) in [7, 11) is 0. The normalized spacial score (nSPS) is 18.6. The number of carbonyl (C=O) groups is 1. The molecule has 0 bridgehead atoms. The Morgan fingerprint density at radius 3 is 2.94 bits per heavy atom. The van der Waals surface area contributed by atoms with Gasteiger partial charge in [0, 0.05) is 23.9 Å². The summed E-state index contributed by atoms with van der Waals surface area (Å²) in [5.41, 5.74) is 0.503. The van der Waals surface area contributed by atoms with Crippen molar-refractivity contribution in [3.63, 3.8) is 0 Å². The van der Waals surface area contributed by atoms with E-state index in [1.807, 2.05) is 11.8 Å². The number of hydrogen-bond donors (Lipinski definition) is 2. The molecule has 0 aromatic heterocycles. The maximum Gasteiger partial charge on any atom is 0.315 e. The highest BCUT2D eigenvalue weighted by atomic mass is 32.2. The molecule has 98 valence electrons. The summed E-state index contributed by atoms with van der Waals surface area (Å²) in [5, 5.41) is 6.02. The molecule has 0 saturated carbocycles. The van der Waals surface area contributed by atoms with E-state index >= 15 is 0 Å². The molecule has 0 spiro atoms. The van der Waals surface area contributed by atoms with Gasteiger partial charge in [-0.3, -0.25) is 0 Å². The van der Waals surface area contributed by atoms with Crippen LogP contribution < -0.4 is 10.6 Å². The lowest BCUT2D eigenvalue weighted by molar-refractivity contribution is 0.240. The van der Waals surface area contributed by atoms with Gasteiger partial charge in [-0.25, -0.2) is 9.18 Å². The molecule has 18 heavy (non-hydrogen) atoms. The fourth-order valence-electron chi connectivity index (χ4n) is 1.89. The van der Waals surface area contributed by atoms with Crippen molar-refractivity contribution in [1.82, 2.24) is 10.6 Å². The molecular formula is C13H17FN2OS. The smallest absolute Gasteiger partial charge is 0.315 e. The van der Waals surface area contributed by atoms with E-state index in [2.05, 4.69) is 10.6 Å². The number of carbonyl (C=O) groups excluding carboxylic acids is 1. The topological polar surface area (TPSA) is 41.1 Å². The Bertz CT molecular complexity index is 408. The van der Waals surface area contributed by atoms with E-state index in [0.717, 1.165) is 6.42 Å². The van der Waals surface area contributed by atoms with Crippen LogP contribution in [0.1, 0.15) is 18.4 Å². The second-order valence-corrected chi connectivity index (χ2v) is 5.70. The van der Waals surface area contributed by atoms with Gasteiger partial charge < -0.3 is 10.6 Å². The molecule has 1 saturated heterocycles. The number of hydrogen-bond acceptors (Lipinski definition) is 2. The first-order valence-electron chi connectivity index (χ1n) is 6.12. The molecule has 1 aliphatic rings. The van der Waals surface area contributed by atoms with E-state index in [1.165, 1.54) is 18.2 Å². The van der Waals surface area contributed by atoms with E-state index < -0.39 is 0 Å². The third-order valence-corrected chi connectivity index (χ3v) is 4.31. The first kappa shape index (κ1) is 13.2. The number of amides is 2. The standard InChI is InChI=1S/C13H17FN2OS/c14-12-6-2-1-4-10(12)8-15-13(17)16-9-11-5-3-7-18-11/h1-2,4,6,11H,3,5,7-9H2,(H2,15,16,17). The fraction of sp³-hybridized carbons (Fsp3) is 0.462. The monoisotopic (exact) mass is 268 g/mol. The van der Waals surface area contributed by atoms with E-state index in [0.29, 0.717) is 17.4 Å². The van der Waals surface area contributed by atoms with Crippen LogP contribution in [0.4, 0.5) is 9.18 Å². The fourth-order valence-corrected chi connectivity index (χ4v) is 3.09. The van der Waals surface area contributed by atoms with Crippen LogP contribution in [0.15, 0.2) is 24.3 Å². The molecule has 1 fully saturated rings. The van der Waals surface area contributed by atoms with Gasteiger partial charge in [0.1, 0.15) is 5.82 Å². The van der Waals surface area contributed by atoms with Crippen LogP contribution in [0.3, 0.4) is 0 Å². The van der Waals surface area contributed by atoms with Crippen molar-refractivity contribution in [2.75, 3.05) is 12.3 Å². The first-order valence-corrected chi connectivity index (χ1v) is 7.17. The predicted molar refractivity (Wildman–Crippen MR) is 72.1 cm³/mol. The van der Waals surface area contributed by atoms with Crippen LogP contribution in [0.25, 0.3) is 0 Å². The lowest BCUT2D eigenvalue weighted by Crippen LogP contribution is -2.38. The zero-order chi connectivity index (χ0) is 12.8. The number of urea groups is 1. The summed E-state index contributed by atoms with van der Waals surface area (Å²) in [6, 6.07) is 6.22. The molecule has 2 N–H and O–H groups in total. The Hall–Kier alpha value is -1.23. The van der Waals surface area contributed by atoms with Crippen molar-refractivity contribution in [3.05, 3.63) is 35.6 Å². The largest absolute Gasteiger partial charge is 0.337 e.